The topological polar surface area (TPSA) is 0 Å². The molecular weight excluding hydrogens is 240 g/mol. The zero-order valence-electron chi connectivity index (χ0n) is 13.6. The van der Waals surface area contributed by atoms with Crippen LogP contribution in [0.4, 0.5) is 0 Å². The predicted molar refractivity (Wildman–Crippen MR) is 92.2 cm³/mol. The largest absolute Gasteiger partial charge is 0.0654 e. The third-order valence-corrected chi connectivity index (χ3v) is 2.84. The molecule has 0 saturated heterocycles. The number of rotatable bonds is 3. The highest BCUT2D eigenvalue weighted by Crippen LogP contribution is 1.95. The van der Waals surface area contributed by atoms with Gasteiger partial charge in [-0.15, -0.1) is 0 Å². The SMILES string of the molecule is CCCCCC.Cc1ccccc1.Cc1ccccc1. The maximum Gasteiger partial charge on any atom is -0.0398 e. The third-order valence-electron chi connectivity index (χ3n) is 2.84. The van der Waals surface area contributed by atoms with E-state index in [4.69, 9.17) is 0 Å². The van der Waals surface area contributed by atoms with Gasteiger partial charge in [-0.2, -0.15) is 0 Å². The lowest BCUT2D eigenvalue weighted by molar-refractivity contribution is 0.702. The molecule has 0 fully saturated rings. The van der Waals surface area contributed by atoms with Crippen LogP contribution in [0.1, 0.15) is 50.7 Å². The third kappa shape index (κ3) is 12.9. The first kappa shape index (κ1) is 18.4. The Bertz CT molecular complexity index is 347. The average Bonchev–Trinajstić information content (AvgIpc) is 2.48. The molecule has 0 nitrogen and oxygen atoms in total. The van der Waals surface area contributed by atoms with Gasteiger partial charge in [0, 0.05) is 0 Å². The predicted octanol–water partition coefficient (Wildman–Crippen LogP) is 6.58. The molecule has 0 radical (unpaired) electrons. The Morgan fingerprint density at radius 1 is 0.550 bits per heavy atom. The van der Waals surface area contributed by atoms with Crippen molar-refractivity contribution in [2.75, 3.05) is 0 Å². The number of benzene rings is 2. The Hall–Kier alpha value is -1.56. The molecular formula is C20H30. The van der Waals surface area contributed by atoms with Crippen LogP contribution >= 0.6 is 0 Å². The molecule has 2 aromatic carbocycles. The van der Waals surface area contributed by atoms with E-state index >= 15 is 0 Å². The molecule has 0 heteroatoms. The lowest BCUT2D eigenvalue weighted by atomic mass is 10.2. The summed E-state index contributed by atoms with van der Waals surface area (Å²) < 4.78 is 0. The summed E-state index contributed by atoms with van der Waals surface area (Å²) in [7, 11) is 0. The number of hydrogen-bond donors (Lipinski definition) is 0. The molecule has 0 aromatic heterocycles. The zero-order chi connectivity index (χ0) is 15.1. The molecule has 110 valence electrons. The van der Waals surface area contributed by atoms with E-state index < -0.39 is 0 Å². The average molecular weight is 270 g/mol. The van der Waals surface area contributed by atoms with Crippen LogP contribution in [-0.2, 0) is 0 Å². The lowest BCUT2D eigenvalue weighted by Crippen LogP contribution is -1.66. The van der Waals surface area contributed by atoms with Gasteiger partial charge in [0.15, 0.2) is 0 Å². The molecule has 0 saturated carbocycles. The summed E-state index contributed by atoms with van der Waals surface area (Å²) in [6.07, 6.45) is 5.54. The van der Waals surface area contributed by atoms with Crippen molar-refractivity contribution in [2.45, 2.75) is 53.4 Å². The van der Waals surface area contributed by atoms with Gasteiger partial charge in [-0.05, 0) is 13.8 Å². The first-order valence-electron chi connectivity index (χ1n) is 7.74. The second kappa shape index (κ2) is 13.9. The summed E-state index contributed by atoms with van der Waals surface area (Å²) in [5, 5.41) is 0. The molecule has 0 bridgehead atoms. The van der Waals surface area contributed by atoms with Crippen molar-refractivity contribution in [3.63, 3.8) is 0 Å². The van der Waals surface area contributed by atoms with E-state index in [0.717, 1.165) is 0 Å². The fourth-order valence-corrected chi connectivity index (χ4v) is 1.57. The number of unbranched alkanes of at least 4 members (excludes halogenated alkanes) is 3. The van der Waals surface area contributed by atoms with E-state index in [9.17, 15) is 0 Å². The van der Waals surface area contributed by atoms with Gasteiger partial charge >= 0.3 is 0 Å². The van der Waals surface area contributed by atoms with Crippen molar-refractivity contribution in [1.29, 1.82) is 0 Å². The van der Waals surface area contributed by atoms with Gasteiger partial charge in [0.1, 0.15) is 0 Å². The molecule has 0 spiro atoms. The van der Waals surface area contributed by atoms with E-state index in [1.54, 1.807) is 0 Å². The van der Waals surface area contributed by atoms with E-state index in [1.165, 1.54) is 36.8 Å². The smallest absolute Gasteiger partial charge is 0.0398 e. The number of hydrogen-bond acceptors (Lipinski definition) is 0. The first-order chi connectivity index (χ1) is 9.70. The molecule has 0 aliphatic heterocycles. The molecule has 20 heavy (non-hydrogen) atoms. The van der Waals surface area contributed by atoms with Gasteiger partial charge in [-0.1, -0.05) is 111 Å². The fraction of sp³-hybridized carbons (Fsp3) is 0.400. The van der Waals surface area contributed by atoms with Gasteiger partial charge in [0.05, 0.1) is 0 Å². The molecule has 0 amide bonds. The lowest BCUT2D eigenvalue weighted by Gasteiger charge is -1.86. The van der Waals surface area contributed by atoms with Crippen LogP contribution in [0.2, 0.25) is 0 Å². The van der Waals surface area contributed by atoms with Gasteiger partial charge < -0.3 is 0 Å². The molecule has 0 heterocycles. The molecule has 0 unspecified atom stereocenters. The van der Waals surface area contributed by atoms with E-state index in [0.29, 0.717) is 0 Å². The minimum absolute atomic E-state index is 1.32. The second-order valence-electron chi connectivity index (χ2n) is 5.02. The maximum absolute atomic E-state index is 2.23. The molecule has 0 atom stereocenters. The van der Waals surface area contributed by atoms with Gasteiger partial charge in [0.25, 0.3) is 0 Å². The van der Waals surface area contributed by atoms with Gasteiger partial charge in [-0.25, -0.2) is 0 Å². The molecule has 0 N–H and O–H groups in total. The highest BCUT2D eigenvalue weighted by atomic mass is 13.8. The minimum atomic E-state index is 1.32. The summed E-state index contributed by atoms with van der Waals surface area (Å²) >= 11 is 0. The van der Waals surface area contributed by atoms with E-state index in [1.807, 2.05) is 36.4 Å². The van der Waals surface area contributed by atoms with Crippen molar-refractivity contribution < 1.29 is 0 Å². The molecule has 0 aliphatic carbocycles. The Labute approximate surface area is 125 Å². The zero-order valence-corrected chi connectivity index (χ0v) is 13.6. The van der Waals surface area contributed by atoms with Crippen LogP contribution in [-0.4, -0.2) is 0 Å². The second-order valence-corrected chi connectivity index (χ2v) is 5.02. The summed E-state index contributed by atoms with van der Waals surface area (Å²) in [5.41, 5.74) is 2.64. The summed E-state index contributed by atoms with van der Waals surface area (Å²) in [6.45, 7) is 8.63. The quantitative estimate of drug-likeness (QED) is 0.553. The van der Waals surface area contributed by atoms with Crippen molar-refractivity contribution in [1.82, 2.24) is 0 Å². The highest BCUT2D eigenvalue weighted by Gasteiger charge is 1.75. The van der Waals surface area contributed by atoms with Crippen LogP contribution in [0.5, 0.6) is 0 Å². The Kier molecular flexibility index (Phi) is 12.8. The fourth-order valence-electron chi connectivity index (χ4n) is 1.57. The first-order valence-corrected chi connectivity index (χ1v) is 7.74. The van der Waals surface area contributed by atoms with E-state index in [-0.39, 0.29) is 0 Å². The summed E-state index contributed by atoms with van der Waals surface area (Å²) in [4.78, 5) is 0. The monoisotopic (exact) mass is 270 g/mol. The normalized spacial score (nSPS) is 8.80. The Balaban J connectivity index is 0.000000272. The molecule has 2 aromatic rings. The maximum atomic E-state index is 2.23. The standard InChI is InChI=1S/2C7H8.C6H14/c2*1-7-5-3-2-4-6-7;1-3-5-6-4-2/h2*2-6H,1H3;3-6H2,1-2H3. The minimum Gasteiger partial charge on any atom is -0.0654 e. The number of aryl methyl sites for hydroxylation is 2. The van der Waals surface area contributed by atoms with Crippen molar-refractivity contribution in [3.05, 3.63) is 71.8 Å². The van der Waals surface area contributed by atoms with Crippen molar-refractivity contribution in [2.24, 2.45) is 0 Å². The van der Waals surface area contributed by atoms with Crippen molar-refractivity contribution >= 4 is 0 Å². The van der Waals surface area contributed by atoms with Crippen LogP contribution in [0.25, 0.3) is 0 Å². The highest BCUT2D eigenvalue weighted by molar-refractivity contribution is 5.12. The Morgan fingerprint density at radius 3 is 1.00 bits per heavy atom. The van der Waals surface area contributed by atoms with Crippen LogP contribution < -0.4 is 0 Å². The summed E-state index contributed by atoms with van der Waals surface area (Å²) in [5.74, 6) is 0. The van der Waals surface area contributed by atoms with E-state index in [2.05, 4.69) is 52.0 Å². The Morgan fingerprint density at radius 2 is 0.850 bits per heavy atom. The van der Waals surface area contributed by atoms with Crippen LogP contribution in [0.15, 0.2) is 60.7 Å². The van der Waals surface area contributed by atoms with Crippen LogP contribution in [0.3, 0.4) is 0 Å². The molecule has 0 aliphatic rings. The van der Waals surface area contributed by atoms with Crippen LogP contribution in [0, 0.1) is 13.8 Å². The van der Waals surface area contributed by atoms with Gasteiger partial charge in [-0.3, -0.25) is 0 Å². The summed E-state index contributed by atoms with van der Waals surface area (Å²) in [6, 6.07) is 20.5. The van der Waals surface area contributed by atoms with Gasteiger partial charge in [0.2, 0.25) is 0 Å². The van der Waals surface area contributed by atoms with Crippen molar-refractivity contribution in [3.8, 4) is 0 Å². The molecule has 2 rings (SSSR count).